The molecule has 4 fully saturated rings. The number of rotatable bonds is 1. The van der Waals surface area contributed by atoms with Gasteiger partial charge in [-0.1, -0.05) is 71.0 Å². The quantitative estimate of drug-likeness (QED) is 0.238. The second-order valence-electron chi connectivity index (χ2n) is 9.84. The minimum atomic E-state index is -1.25. The van der Waals surface area contributed by atoms with Gasteiger partial charge in [0.1, 0.15) is 0 Å². The van der Waals surface area contributed by atoms with Crippen molar-refractivity contribution < 1.29 is 21.7 Å². The van der Waals surface area contributed by atoms with Crippen molar-refractivity contribution in [2.45, 2.75) is 76.4 Å². The van der Waals surface area contributed by atoms with E-state index in [4.69, 9.17) is 6.55 Å². The Labute approximate surface area is 182 Å². The van der Waals surface area contributed by atoms with Gasteiger partial charge in [-0.2, -0.15) is 0 Å². The molecule has 4 aliphatic rings. The minimum absolute atomic E-state index is 0. The third-order valence-corrected chi connectivity index (χ3v) is 10.8. The van der Waals surface area contributed by atoms with Crippen LogP contribution in [0, 0.1) is 64.3 Å². The fraction of sp³-hybridized carbons (Fsp3) is 0.750. The zero-order chi connectivity index (χ0) is 15.5. The van der Waals surface area contributed by atoms with Gasteiger partial charge in [-0.05, 0) is 61.2 Å². The summed E-state index contributed by atoms with van der Waals surface area (Å²) < 4.78 is 0. The molecule has 0 radical (unpaired) electrons. The largest absolute Gasteiger partial charge is 4.00 e. The molecule has 4 saturated carbocycles. The molecule has 148 valence electrons. The standard InChI is InChI=1S/C21H35Si.3CH3.Ti/c1-14-12-15-8-7-11-18-20(22(2,3)4)13-19(21(15)18)17-10-6-5-9-16(14)17;;;;/h15-21H,1-2,5-13H2,3-4H3;3*1H3;/q4*-1;+4. The molecule has 0 bridgehead atoms. The molecular weight excluding hydrogens is 364 g/mol. The molecule has 0 aromatic heterocycles. The summed E-state index contributed by atoms with van der Waals surface area (Å²) in [7, 11) is -1.25. The van der Waals surface area contributed by atoms with Crippen molar-refractivity contribution in [2.75, 3.05) is 0 Å². The van der Waals surface area contributed by atoms with Crippen LogP contribution in [0.25, 0.3) is 0 Å². The molecule has 2 heteroatoms. The molecule has 0 spiro atoms. The maximum absolute atomic E-state index is 4.72. The molecule has 26 heavy (non-hydrogen) atoms. The molecule has 4 aliphatic carbocycles. The van der Waals surface area contributed by atoms with Crippen molar-refractivity contribution in [3.63, 3.8) is 0 Å². The monoisotopic (exact) mass is 408 g/mol. The first kappa shape index (κ1) is 26.7. The Morgan fingerprint density at radius 2 is 1.50 bits per heavy atom. The Kier molecular flexibility index (Phi) is 10.2. The predicted molar refractivity (Wildman–Crippen MR) is 117 cm³/mol. The molecule has 0 nitrogen and oxygen atoms in total. The Morgan fingerprint density at radius 1 is 0.885 bits per heavy atom. The molecule has 7 unspecified atom stereocenters. The van der Waals surface area contributed by atoms with Crippen LogP contribution in [0.3, 0.4) is 0 Å². The molecule has 0 heterocycles. The maximum atomic E-state index is 4.72. The summed E-state index contributed by atoms with van der Waals surface area (Å²) in [5.74, 6) is 6.01. The van der Waals surface area contributed by atoms with Gasteiger partial charge in [0.05, 0.1) is 0 Å². The Balaban J connectivity index is 0.00000156. The smallest absolute Gasteiger partial charge is 0.358 e. The van der Waals surface area contributed by atoms with Crippen molar-refractivity contribution in [2.24, 2.45) is 35.5 Å². The van der Waals surface area contributed by atoms with Gasteiger partial charge in [-0.3, -0.25) is 0 Å². The van der Waals surface area contributed by atoms with Gasteiger partial charge in [-0.15, -0.1) is 0 Å². The third-order valence-electron chi connectivity index (χ3n) is 8.11. The van der Waals surface area contributed by atoms with Crippen LogP contribution in [-0.4, -0.2) is 8.07 Å². The van der Waals surface area contributed by atoms with Crippen molar-refractivity contribution in [1.29, 1.82) is 0 Å². The molecular formula is C24H44SiTi. The van der Waals surface area contributed by atoms with Gasteiger partial charge in [0.2, 0.25) is 0 Å². The summed E-state index contributed by atoms with van der Waals surface area (Å²) in [5.41, 5.74) is 2.67. The van der Waals surface area contributed by atoms with Gasteiger partial charge in [0.15, 0.2) is 0 Å². The van der Waals surface area contributed by atoms with Gasteiger partial charge in [0.25, 0.3) is 0 Å². The second kappa shape index (κ2) is 9.93. The first-order valence-electron chi connectivity index (χ1n) is 10.00. The van der Waals surface area contributed by atoms with Crippen LogP contribution in [-0.2, 0) is 21.7 Å². The van der Waals surface area contributed by atoms with E-state index in [0.29, 0.717) is 0 Å². The molecule has 0 amide bonds. The molecule has 7 atom stereocenters. The van der Waals surface area contributed by atoms with E-state index in [1.807, 2.05) is 0 Å². The summed E-state index contributed by atoms with van der Waals surface area (Å²) >= 11 is 0. The average Bonchev–Trinajstić information content (AvgIpc) is 2.82. The molecule has 0 saturated heterocycles. The number of hydrogen-bond acceptors (Lipinski definition) is 0. The van der Waals surface area contributed by atoms with Crippen LogP contribution in [0.4, 0.5) is 0 Å². The fourth-order valence-electron chi connectivity index (χ4n) is 7.38. The van der Waals surface area contributed by atoms with Crippen molar-refractivity contribution >= 4 is 8.07 Å². The van der Waals surface area contributed by atoms with E-state index >= 15 is 0 Å². The van der Waals surface area contributed by atoms with E-state index in [0.717, 1.165) is 41.0 Å². The number of fused-ring (bicyclic) bond motifs is 2. The maximum Gasteiger partial charge on any atom is 4.00 e. The average molecular weight is 409 g/mol. The Morgan fingerprint density at radius 3 is 2.15 bits per heavy atom. The summed E-state index contributed by atoms with van der Waals surface area (Å²) in [6, 6.07) is 0. The molecule has 0 aromatic carbocycles. The van der Waals surface area contributed by atoms with Crippen molar-refractivity contribution in [1.82, 2.24) is 0 Å². The predicted octanol–water partition coefficient (Wildman–Crippen LogP) is 7.61. The van der Waals surface area contributed by atoms with Crippen LogP contribution < -0.4 is 0 Å². The van der Waals surface area contributed by atoms with Crippen LogP contribution in [0.5, 0.6) is 0 Å². The third kappa shape index (κ3) is 4.46. The van der Waals surface area contributed by atoms with Gasteiger partial charge >= 0.3 is 21.7 Å². The fourth-order valence-corrected chi connectivity index (χ4v) is 9.83. The van der Waals surface area contributed by atoms with Crippen molar-refractivity contribution in [3.8, 4) is 0 Å². The second-order valence-corrected chi connectivity index (χ2v) is 14.6. The first-order valence-corrected chi connectivity index (χ1v) is 13.3. The van der Waals surface area contributed by atoms with Crippen molar-refractivity contribution in [3.05, 3.63) is 41.0 Å². The van der Waals surface area contributed by atoms with Gasteiger partial charge in [-0.25, -0.2) is 0 Å². The Hall–Kier alpha value is 0.671. The van der Waals surface area contributed by atoms with E-state index in [1.165, 1.54) is 51.4 Å². The molecule has 4 rings (SSSR count). The zero-order valence-electron chi connectivity index (χ0n) is 18.3. The zero-order valence-corrected chi connectivity index (χ0v) is 20.9. The van der Waals surface area contributed by atoms with E-state index < -0.39 is 8.07 Å². The topological polar surface area (TPSA) is 0 Å². The van der Waals surface area contributed by atoms with Crippen LogP contribution in [0.1, 0.15) is 57.8 Å². The van der Waals surface area contributed by atoms with Crippen LogP contribution >= 0.6 is 0 Å². The Bertz CT molecular complexity index is 452. The molecule has 0 aliphatic heterocycles. The van der Waals surface area contributed by atoms with E-state index in [2.05, 4.69) is 19.7 Å². The van der Waals surface area contributed by atoms with Gasteiger partial charge in [0, 0.05) is 0 Å². The molecule has 0 aromatic rings. The summed E-state index contributed by atoms with van der Waals surface area (Å²) in [6.07, 6.45) is 13.4. The van der Waals surface area contributed by atoms with E-state index in [-0.39, 0.29) is 44.0 Å². The summed E-state index contributed by atoms with van der Waals surface area (Å²) in [5, 5.41) is 0. The van der Waals surface area contributed by atoms with E-state index in [1.54, 1.807) is 12.0 Å². The first-order chi connectivity index (χ1) is 10.5. The summed E-state index contributed by atoms with van der Waals surface area (Å²) in [4.78, 5) is 0. The SMILES string of the molecule is C=C1CC2CCCC3C2C(CC3[Si]([CH2-])(C)C)C2CCCCC12.[CH3-].[CH3-].[CH3-].[Ti+4]. The van der Waals surface area contributed by atoms with Crippen LogP contribution in [0.15, 0.2) is 12.2 Å². The number of allylic oxidation sites excluding steroid dienone is 1. The molecule has 0 N–H and O–H groups in total. The van der Waals surface area contributed by atoms with E-state index in [9.17, 15) is 0 Å². The minimum Gasteiger partial charge on any atom is -0.358 e. The van der Waals surface area contributed by atoms with Gasteiger partial charge < -0.3 is 28.8 Å². The normalized spacial score (nSPS) is 41.0. The van der Waals surface area contributed by atoms with Crippen LogP contribution in [0.2, 0.25) is 18.6 Å². The number of hydrogen-bond donors (Lipinski definition) is 0. The summed E-state index contributed by atoms with van der Waals surface area (Å²) in [6.45, 7) is 14.4.